The van der Waals surface area contributed by atoms with Crippen molar-refractivity contribution in [2.24, 2.45) is 4.99 Å². The van der Waals surface area contributed by atoms with Crippen LogP contribution in [0.4, 0.5) is 0 Å². The van der Waals surface area contributed by atoms with Gasteiger partial charge >= 0.3 is 5.97 Å². The summed E-state index contributed by atoms with van der Waals surface area (Å²) in [5.74, 6) is -0.732. The minimum Gasteiger partial charge on any atom is -0.479 e. The zero-order chi connectivity index (χ0) is 16.7. The van der Waals surface area contributed by atoms with E-state index in [2.05, 4.69) is 10.3 Å². The maximum absolute atomic E-state index is 11.5. The van der Waals surface area contributed by atoms with Crippen molar-refractivity contribution >= 4 is 11.8 Å². The van der Waals surface area contributed by atoms with Crippen LogP contribution in [-0.2, 0) is 11.2 Å². The van der Waals surface area contributed by atoms with Gasteiger partial charge in [0.1, 0.15) is 5.84 Å². The second-order valence-electron chi connectivity index (χ2n) is 5.13. The van der Waals surface area contributed by atoms with Gasteiger partial charge in [-0.3, -0.25) is 10.3 Å². The molecule has 2 N–H and O–H groups in total. The van der Waals surface area contributed by atoms with Crippen molar-refractivity contribution in [3.63, 3.8) is 0 Å². The average Bonchev–Trinajstić information content (AvgIpc) is 2.55. The van der Waals surface area contributed by atoms with Crippen molar-refractivity contribution in [2.45, 2.75) is 19.4 Å². The molecule has 0 bridgehead atoms. The Hall–Kier alpha value is -3.13. The van der Waals surface area contributed by atoms with E-state index >= 15 is 0 Å². The molecule has 5 heteroatoms. The first-order valence-electron chi connectivity index (χ1n) is 7.15. The Kier molecular flexibility index (Phi) is 5.48. The summed E-state index contributed by atoms with van der Waals surface area (Å²) in [6.07, 6.45) is 2.19. The van der Waals surface area contributed by atoms with Gasteiger partial charge in [0.05, 0.1) is 0 Å². The third-order valence-electron chi connectivity index (χ3n) is 3.33. The van der Waals surface area contributed by atoms with Crippen molar-refractivity contribution in [3.05, 3.63) is 71.3 Å². The highest BCUT2D eigenvalue weighted by Gasteiger charge is 2.19. The number of rotatable bonds is 5. The molecule has 5 nitrogen and oxygen atoms in total. The highest BCUT2D eigenvalue weighted by atomic mass is 16.4. The number of nitriles is 1. The van der Waals surface area contributed by atoms with E-state index in [4.69, 9.17) is 5.26 Å². The van der Waals surface area contributed by atoms with Crippen LogP contribution in [0.5, 0.6) is 0 Å². The largest absolute Gasteiger partial charge is 0.479 e. The Labute approximate surface area is 134 Å². The van der Waals surface area contributed by atoms with Crippen molar-refractivity contribution in [2.75, 3.05) is 0 Å². The molecule has 23 heavy (non-hydrogen) atoms. The maximum Gasteiger partial charge on any atom is 0.333 e. The van der Waals surface area contributed by atoms with E-state index in [0.29, 0.717) is 17.8 Å². The van der Waals surface area contributed by atoms with Gasteiger partial charge in [-0.2, -0.15) is 5.26 Å². The molecular weight excluding hydrogens is 290 g/mol. The first kappa shape index (κ1) is 16.2. The second kappa shape index (κ2) is 7.76. The minimum absolute atomic E-state index is 0.326. The molecule has 1 unspecified atom stereocenters. The van der Waals surface area contributed by atoms with Crippen LogP contribution in [-0.4, -0.2) is 16.9 Å². The predicted octanol–water partition coefficient (Wildman–Crippen LogP) is 2.83. The van der Waals surface area contributed by atoms with Gasteiger partial charge in [0.25, 0.3) is 0 Å². The fourth-order valence-electron chi connectivity index (χ4n) is 2.15. The Morgan fingerprint density at radius 2 is 1.87 bits per heavy atom. The standard InChI is InChI=1S/C18H17N3O2/c1-13-7-9-14(10-8-13)11-16(20-12-19)21-17(18(22)23)15-5-3-2-4-6-15/h2-10,17H,11H2,1H3,(H,20,21)(H,22,23). The minimum atomic E-state index is -1.06. The lowest BCUT2D eigenvalue weighted by atomic mass is 10.1. The van der Waals surface area contributed by atoms with Crippen LogP contribution in [0, 0.1) is 18.4 Å². The zero-order valence-corrected chi connectivity index (χ0v) is 12.7. The molecule has 0 amide bonds. The Balaban J connectivity index is 2.30. The maximum atomic E-state index is 11.5. The number of aliphatic carboxylic acids is 1. The summed E-state index contributed by atoms with van der Waals surface area (Å²) in [5.41, 5.74) is 2.66. The van der Waals surface area contributed by atoms with Crippen LogP contribution in [0.25, 0.3) is 0 Å². The summed E-state index contributed by atoms with van der Waals surface area (Å²) in [6, 6.07) is 15.5. The highest BCUT2D eigenvalue weighted by Crippen LogP contribution is 2.18. The monoisotopic (exact) mass is 307 g/mol. The summed E-state index contributed by atoms with van der Waals surface area (Å²) in [5, 5.41) is 20.8. The fraction of sp³-hybridized carbons (Fsp3) is 0.167. The molecule has 2 rings (SSSR count). The smallest absolute Gasteiger partial charge is 0.333 e. The SMILES string of the molecule is Cc1ccc(CC(=NC(C(=O)O)c2ccccc2)NC#N)cc1. The average molecular weight is 307 g/mol. The summed E-state index contributed by atoms with van der Waals surface area (Å²) in [7, 11) is 0. The number of carboxylic acid groups (broad SMARTS) is 1. The van der Waals surface area contributed by atoms with E-state index in [9.17, 15) is 9.90 Å². The Bertz CT molecular complexity index is 731. The molecule has 0 spiro atoms. The van der Waals surface area contributed by atoms with E-state index in [1.165, 1.54) is 0 Å². The molecule has 0 saturated carbocycles. The molecule has 0 aliphatic carbocycles. The first-order chi connectivity index (χ1) is 11.1. The summed E-state index contributed by atoms with van der Waals surface area (Å²) < 4.78 is 0. The van der Waals surface area contributed by atoms with Gasteiger partial charge in [-0.05, 0) is 18.1 Å². The van der Waals surface area contributed by atoms with Crippen LogP contribution >= 0.6 is 0 Å². The van der Waals surface area contributed by atoms with E-state index < -0.39 is 12.0 Å². The van der Waals surface area contributed by atoms with Crippen LogP contribution in [0.15, 0.2) is 59.6 Å². The number of hydrogen-bond acceptors (Lipinski definition) is 3. The van der Waals surface area contributed by atoms with E-state index in [1.54, 1.807) is 24.3 Å². The molecule has 0 radical (unpaired) electrons. The molecule has 2 aromatic carbocycles. The Morgan fingerprint density at radius 1 is 1.22 bits per heavy atom. The summed E-state index contributed by atoms with van der Waals surface area (Å²) in [4.78, 5) is 15.8. The topological polar surface area (TPSA) is 85.5 Å². The Morgan fingerprint density at radius 3 is 2.43 bits per heavy atom. The van der Waals surface area contributed by atoms with Gasteiger partial charge in [0.15, 0.2) is 12.2 Å². The van der Waals surface area contributed by atoms with Crippen molar-refractivity contribution in [3.8, 4) is 6.19 Å². The van der Waals surface area contributed by atoms with Gasteiger partial charge in [-0.25, -0.2) is 4.79 Å². The first-order valence-corrected chi connectivity index (χ1v) is 7.15. The lowest BCUT2D eigenvalue weighted by molar-refractivity contribution is -0.138. The summed E-state index contributed by atoms with van der Waals surface area (Å²) >= 11 is 0. The number of nitrogens with one attached hydrogen (secondary N) is 1. The van der Waals surface area contributed by atoms with E-state index in [0.717, 1.165) is 11.1 Å². The van der Waals surface area contributed by atoms with E-state index in [-0.39, 0.29) is 0 Å². The lowest BCUT2D eigenvalue weighted by Crippen LogP contribution is -2.23. The number of amidine groups is 1. The van der Waals surface area contributed by atoms with Crippen LogP contribution in [0.3, 0.4) is 0 Å². The third-order valence-corrected chi connectivity index (χ3v) is 3.33. The van der Waals surface area contributed by atoms with Crippen LogP contribution in [0.2, 0.25) is 0 Å². The number of carbonyl (C=O) groups is 1. The van der Waals surface area contributed by atoms with Gasteiger partial charge in [0.2, 0.25) is 0 Å². The molecule has 0 aromatic heterocycles. The van der Waals surface area contributed by atoms with Gasteiger partial charge in [-0.1, -0.05) is 60.2 Å². The predicted molar refractivity (Wildman–Crippen MR) is 87.9 cm³/mol. The van der Waals surface area contributed by atoms with Gasteiger partial charge < -0.3 is 5.11 Å². The molecule has 0 aliphatic rings. The number of aliphatic imine (C=N–C) groups is 1. The van der Waals surface area contributed by atoms with Crippen molar-refractivity contribution in [1.82, 2.24) is 5.32 Å². The molecule has 2 aromatic rings. The quantitative estimate of drug-likeness (QED) is 0.385. The normalized spacial score (nSPS) is 12.3. The molecule has 1 atom stereocenters. The molecule has 0 fully saturated rings. The number of carboxylic acids is 1. The van der Waals surface area contributed by atoms with Gasteiger partial charge in [-0.15, -0.1) is 0 Å². The number of benzene rings is 2. The third kappa shape index (κ3) is 4.68. The number of nitrogens with zero attached hydrogens (tertiary/aromatic N) is 2. The van der Waals surface area contributed by atoms with E-state index in [1.807, 2.05) is 43.4 Å². The van der Waals surface area contributed by atoms with Crippen molar-refractivity contribution < 1.29 is 9.90 Å². The van der Waals surface area contributed by atoms with Crippen molar-refractivity contribution in [1.29, 1.82) is 5.26 Å². The molecule has 116 valence electrons. The zero-order valence-electron chi connectivity index (χ0n) is 12.7. The molecule has 0 heterocycles. The molecule has 0 saturated heterocycles. The van der Waals surface area contributed by atoms with Crippen LogP contribution in [0.1, 0.15) is 22.7 Å². The number of aryl methyl sites for hydroxylation is 1. The number of hydrogen-bond donors (Lipinski definition) is 2. The molecule has 0 aliphatic heterocycles. The second-order valence-corrected chi connectivity index (χ2v) is 5.13. The highest BCUT2D eigenvalue weighted by molar-refractivity contribution is 5.88. The lowest BCUT2D eigenvalue weighted by Gasteiger charge is -2.11. The van der Waals surface area contributed by atoms with Gasteiger partial charge in [0, 0.05) is 6.42 Å². The molecular formula is C18H17N3O2. The summed E-state index contributed by atoms with van der Waals surface area (Å²) in [6.45, 7) is 1.99. The van der Waals surface area contributed by atoms with Crippen LogP contribution < -0.4 is 5.32 Å². The fourth-order valence-corrected chi connectivity index (χ4v) is 2.15.